The summed E-state index contributed by atoms with van der Waals surface area (Å²) in [6.45, 7) is 1.54. The first-order valence-corrected chi connectivity index (χ1v) is 7.73. The Morgan fingerprint density at radius 3 is 2.71 bits per heavy atom. The molecule has 4 heteroatoms. The van der Waals surface area contributed by atoms with Crippen LogP contribution in [-0.2, 0) is 14.2 Å². The van der Waals surface area contributed by atoms with E-state index in [1.165, 1.54) is 19.3 Å². The molecule has 0 aromatic carbocycles. The van der Waals surface area contributed by atoms with E-state index in [9.17, 15) is 0 Å². The van der Waals surface area contributed by atoms with Crippen LogP contribution in [0.1, 0.15) is 38.5 Å². The molecule has 96 valence electrons. The molecule has 0 amide bonds. The van der Waals surface area contributed by atoms with Crippen molar-refractivity contribution in [2.45, 2.75) is 60.8 Å². The summed E-state index contributed by atoms with van der Waals surface area (Å²) >= 11 is 3.76. The number of rotatable bonds is 0. The molecule has 4 atom stereocenters. The highest BCUT2D eigenvalue weighted by Gasteiger charge is 2.59. The van der Waals surface area contributed by atoms with Crippen LogP contribution in [0.2, 0.25) is 0 Å². The van der Waals surface area contributed by atoms with Gasteiger partial charge >= 0.3 is 0 Å². The maximum atomic E-state index is 6.35. The first-order chi connectivity index (χ1) is 8.22. The van der Waals surface area contributed by atoms with Crippen molar-refractivity contribution in [3.8, 4) is 0 Å². The van der Waals surface area contributed by atoms with Gasteiger partial charge in [0.25, 0.3) is 0 Å². The van der Waals surface area contributed by atoms with Crippen LogP contribution in [0.3, 0.4) is 0 Å². The summed E-state index contributed by atoms with van der Waals surface area (Å²) in [5.74, 6) is 0.389. The molecule has 3 aliphatic heterocycles. The zero-order valence-corrected chi connectivity index (χ0v) is 11.6. The van der Waals surface area contributed by atoms with Gasteiger partial charge in [0.15, 0.2) is 5.79 Å². The molecule has 0 aromatic heterocycles. The highest BCUT2D eigenvalue weighted by atomic mass is 79.9. The molecule has 17 heavy (non-hydrogen) atoms. The van der Waals surface area contributed by atoms with Crippen LogP contribution in [0.5, 0.6) is 0 Å². The van der Waals surface area contributed by atoms with Crippen LogP contribution >= 0.6 is 15.9 Å². The lowest BCUT2D eigenvalue weighted by molar-refractivity contribution is -0.221. The minimum absolute atomic E-state index is 0.162. The summed E-state index contributed by atoms with van der Waals surface area (Å²) in [5.41, 5.74) is 0.162. The average molecular weight is 303 g/mol. The van der Waals surface area contributed by atoms with E-state index in [0.29, 0.717) is 16.8 Å². The fourth-order valence-electron chi connectivity index (χ4n) is 4.29. The maximum Gasteiger partial charge on any atom is 0.168 e. The third-order valence-electron chi connectivity index (χ3n) is 5.19. The predicted octanol–water partition coefficient (Wildman–Crippen LogP) is 2.61. The summed E-state index contributed by atoms with van der Waals surface area (Å²) in [6.07, 6.45) is 7.26. The van der Waals surface area contributed by atoms with E-state index in [2.05, 4.69) is 15.9 Å². The van der Waals surface area contributed by atoms with Gasteiger partial charge in [-0.2, -0.15) is 0 Å². The van der Waals surface area contributed by atoms with Crippen molar-refractivity contribution in [2.75, 3.05) is 13.2 Å². The minimum Gasteiger partial charge on any atom is -0.370 e. The van der Waals surface area contributed by atoms with Crippen molar-refractivity contribution >= 4 is 15.9 Å². The van der Waals surface area contributed by atoms with Crippen molar-refractivity contribution < 1.29 is 14.2 Å². The lowest BCUT2D eigenvalue weighted by atomic mass is 9.71. The minimum atomic E-state index is -0.251. The van der Waals surface area contributed by atoms with Crippen LogP contribution in [0, 0.1) is 5.92 Å². The summed E-state index contributed by atoms with van der Waals surface area (Å²) in [4.78, 5) is 0.556. The van der Waals surface area contributed by atoms with E-state index in [1.807, 2.05) is 0 Å². The maximum absolute atomic E-state index is 6.35. The molecule has 4 rings (SSSR count). The lowest BCUT2D eigenvalue weighted by Crippen LogP contribution is -2.50. The topological polar surface area (TPSA) is 27.7 Å². The quantitative estimate of drug-likeness (QED) is 0.644. The molecule has 2 bridgehead atoms. The zero-order valence-electron chi connectivity index (χ0n) is 9.99. The predicted molar refractivity (Wildman–Crippen MR) is 66.1 cm³/mol. The Balaban J connectivity index is 1.59. The number of fused-ring (bicyclic) bond motifs is 1. The van der Waals surface area contributed by atoms with Crippen molar-refractivity contribution in [1.82, 2.24) is 0 Å². The van der Waals surface area contributed by atoms with E-state index < -0.39 is 0 Å². The van der Waals surface area contributed by atoms with Gasteiger partial charge in [-0.15, -0.1) is 0 Å². The summed E-state index contributed by atoms with van der Waals surface area (Å²) in [5, 5.41) is 0. The van der Waals surface area contributed by atoms with E-state index in [1.54, 1.807) is 0 Å². The molecule has 1 saturated carbocycles. The van der Waals surface area contributed by atoms with Gasteiger partial charge in [-0.3, -0.25) is 0 Å². The van der Waals surface area contributed by atoms with Crippen molar-refractivity contribution in [3.05, 3.63) is 0 Å². The Kier molecular flexibility index (Phi) is 2.43. The third-order valence-corrected chi connectivity index (χ3v) is 6.24. The Morgan fingerprint density at radius 1 is 1.06 bits per heavy atom. The van der Waals surface area contributed by atoms with Gasteiger partial charge in [0, 0.05) is 17.7 Å². The molecule has 0 N–H and O–H groups in total. The van der Waals surface area contributed by atoms with Gasteiger partial charge in [-0.05, 0) is 31.6 Å². The molecule has 3 nitrogen and oxygen atoms in total. The summed E-state index contributed by atoms with van der Waals surface area (Å²) in [6, 6.07) is 0. The first kappa shape index (κ1) is 11.2. The number of halogens is 1. The normalized spacial score (nSPS) is 51.7. The van der Waals surface area contributed by atoms with Crippen LogP contribution in [-0.4, -0.2) is 35.5 Å². The van der Waals surface area contributed by atoms with Gasteiger partial charge in [-0.25, -0.2) is 0 Å². The number of hydrogen-bond donors (Lipinski definition) is 0. The molecular formula is C13H19BrO3. The van der Waals surface area contributed by atoms with E-state index in [4.69, 9.17) is 14.2 Å². The lowest BCUT2D eigenvalue weighted by Gasteiger charge is -2.46. The smallest absolute Gasteiger partial charge is 0.168 e. The third kappa shape index (κ3) is 1.57. The monoisotopic (exact) mass is 302 g/mol. The van der Waals surface area contributed by atoms with Gasteiger partial charge in [0.1, 0.15) is 0 Å². The fraction of sp³-hybridized carbons (Fsp3) is 1.00. The standard InChI is InChI=1S/C13H19BrO3/c14-10-1-2-12-3-4-13(15-5-6-16-13)8-9(12)7-11(10)17-12/h9-11H,1-8H2/t9-,10+,11-,12+/m1/s1. The van der Waals surface area contributed by atoms with Crippen molar-refractivity contribution in [3.63, 3.8) is 0 Å². The molecule has 3 heterocycles. The average Bonchev–Trinajstić information content (AvgIpc) is 2.89. The highest BCUT2D eigenvalue weighted by Crippen LogP contribution is 2.57. The molecular weight excluding hydrogens is 284 g/mol. The molecule has 1 aliphatic carbocycles. The Hall–Kier alpha value is 0.360. The molecule has 3 saturated heterocycles. The summed E-state index contributed by atoms with van der Waals surface area (Å²) < 4.78 is 18.1. The Labute approximate surface area is 110 Å². The number of hydrogen-bond acceptors (Lipinski definition) is 3. The highest BCUT2D eigenvalue weighted by molar-refractivity contribution is 9.09. The van der Waals surface area contributed by atoms with E-state index >= 15 is 0 Å². The second-order valence-electron chi connectivity index (χ2n) is 6.02. The van der Waals surface area contributed by atoms with Gasteiger partial charge < -0.3 is 14.2 Å². The SMILES string of the molecule is Br[C@H]1CC[C@]23CCC4(C[C@H]2C[C@H]1O3)OCCO4. The van der Waals surface area contributed by atoms with Crippen LogP contribution in [0.4, 0.5) is 0 Å². The molecule has 0 aromatic rings. The molecule has 4 aliphatic rings. The fourth-order valence-corrected chi connectivity index (χ4v) is 4.84. The van der Waals surface area contributed by atoms with Crippen molar-refractivity contribution in [1.29, 1.82) is 0 Å². The molecule has 0 unspecified atom stereocenters. The second-order valence-corrected chi connectivity index (χ2v) is 7.20. The molecule has 4 fully saturated rings. The van der Waals surface area contributed by atoms with Crippen LogP contribution in [0.25, 0.3) is 0 Å². The van der Waals surface area contributed by atoms with Gasteiger partial charge in [-0.1, -0.05) is 15.9 Å². The van der Waals surface area contributed by atoms with Gasteiger partial charge in [0.05, 0.1) is 24.9 Å². The van der Waals surface area contributed by atoms with Crippen molar-refractivity contribution in [2.24, 2.45) is 5.92 Å². The zero-order chi connectivity index (χ0) is 11.5. The van der Waals surface area contributed by atoms with E-state index in [-0.39, 0.29) is 11.4 Å². The van der Waals surface area contributed by atoms with Crippen LogP contribution in [0.15, 0.2) is 0 Å². The largest absolute Gasteiger partial charge is 0.370 e. The first-order valence-electron chi connectivity index (χ1n) is 6.81. The number of ether oxygens (including phenoxy) is 3. The van der Waals surface area contributed by atoms with E-state index in [0.717, 1.165) is 32.5 Å². The molecule has 2 spiro atoms. The molecule has 0 radical (unpaired) electrons. The van der Waals surface area contributed by atoms with Crippen LogP contribution < -0.4 is 0 Å². The van der Waals surface area contributed by atoms with Gasteiger partial charge in [0.2, 0.25) is 0 Å². The second kappa shape index (κ2) is 3.69. The Morgan fingerprint density at radius 2 is 1.88 bits per heavy atom. The number of alkyl halides is 1. The Bertz CT molecular complexity index is 329. The summed E-state index contributed by atoms with van der Waals surface area (Å²) in [7, 11) is 0.